The van der Waals surface area contributed by atoms with E-state index in [4.69, 9.17) is 4.74 Å². The standard InChI is InChI=1S/C15H11IO/c16-14-9-4-10-15(12-14)17-11-5-8-13-6-2-1-3-7-13/h1-4,6-7,9-10,12H,11H2. The Hall–Kier alpha value is -1.47. The third-order valence-corrected chi connectivity index (χ3v) is 2.78. The topological polar surface area (TPSA) is 9.23 Å². The molecule has 0 bridgehead atoms. The van der Waals surface area contributed by atoms with Crippen LogP contribution in [0, 0.1) is 15.4 Å². The van der Waals surface area contributed by atoms with Gasteiger partial charge in [0, 0.05) is 9.13 Å². The highest BCUT2D eigenvalue weighted by Gasteiger charge is 1.91. The van der Waals surface area contributed by atoms with Gasteiger partial charge in [-0.25, -0.2) is 0 Å². The summed E-state index contributed by atoms with van der Waals surface area (Å²) in [5.74, 6) is 6.91. The van der Waals surface area contributed by atoms with Gasteiger partial charge in [0.15, 0.2) is 0 Å². The molecule has 0 saturated heterocycles. The molecule has 0 unspecified atom stereocenters. The van der Waals surface area contributed by atoms with E-state index in [1.807, 2.05) is 54.6 Å². The predicted molar refractivity (Wildman–Crippen MR) is 78.0 cm³/mol. The number of rotatable bonds is 2. The van der Waals surface area contributed by atoms with E-state index in [-0.39, 0.29) is 0 Å². The molecule has 2 heteroatoms. The summed E-state index contributed by atoms with van der Waals surface area (Å²) in [6, 6.07) is 17.8. The first kappa shape index (κ1) is 12.0. The molecule has 0 spiro atoms. The van der Waals surface area contributed by atoms with Crippen molar-refractivity contribution in [2.45, 2.75) is 0 Å². The molecule has 1 nitrogen and oxygen atoms in total. The average Bonchev–Trinajstić information content (AvgIpc) is 2.36. The molecule has 0 radical (unpaired) electrons. The van der Waals surface area contributed by atoms with Gasteiger partial charge < -0.3 is 4.74 Å². The summed E-state index contributed by atoms with van der Waals surface area (Å²) >= 11 is 2.26. The van der Waals surface area contributed by atoms with E-state index in [9.17, 15) is 0 Å². The Labute approximate surface area is 115 Å². The molecule has 0 aromatic heterocycles. The van der Waals surface area contributed by atoms with Crippen molar-refractivity contribution in [3.63, 3.8) is 0 Å². The van der Waals surface area contributed by atoms with Gasteiger partial charge in [-0.05, 0) is 52.9 Å². The van der Waals surface area contributed by atoms with Crippen LogP contribution in [-0.4, -0.2) is 6.61 Å². The first-order chi connectivity index (χ1) is 8.34. The van der Waals surface area contributed by atoms with Gasteiger partial charge in [-0.3, -0.25) is 0 Å². The van der Waals surface area contributed by atoms with Gasteiger partial charge >= 0.3 is 0 Å². The maximum atomic E-state index is 5.53. The molecule has 0 aliphatic carbocycles. The second kappa shape index (κ2) is 6.31. The molecule has 0 N–H and O–H groups in total. The Morgan fingerprint density at radius 3 is 2.59 bits per heavy atom. The maximum absolute atomic E-state index is 5.53. The lowest BCUT2D eigenvalue weighted by molar-refractivity contribution is 0.370. The highest BCUT2D eigenvalue weighted by molar-refractivity contribution is 14.1. The van der Waals surface area contributed by atoms with Crippen LogP contribution in [0.25, 0.3) is 0 Å². The zero-order valence-electron chi connectivity index (χ0n) is 9.19. The Balaban J connectivity index is 1.90. The van der Waals surface area contributed by atoms with E-state index >= 15 is 0 Å². The Kier molecular flexibility index (Phi) is 4.45. The molecule has 2 aromatic carbocycles. The third-order valence-electron chi connectivity index (χ3n) is 2.11. The molecular formula is C15H11IO. The number of halogens is 1. The monoisotopic (exact) mass is 334 g/mol. The van der Waals surface area contributed by atoms with Crippen LogP contribution in [0.4, 0.5) is 0 Å². The first-order valence-electron chi connectivity index (χ1n) is 5.27. The second-order valence-corrected chi connectivity index (χ2v) is 4.66. The van der Waals surface area contributed by atoms with Crippen LogP contribution in [0.2, 0.25) is 0 Å². The van der Waals surface area contributed by atoms with E-state index in [0.29, 0.717) is 6.61 Å². The van der Waals surface area contributed by atoms with E-state index in [2.05, 4.69) is 34.4 Å². The van der Waals surface area contributed by atoms with Crippen molar-refractivity contribution in [1.82, 2.24) is 0 Å². The van der Waals surface area contributed by atoms with Crippen LogP contribution in [0.3, 0.4) is 0 Å². The number of hydrogen-bond acceptors (Lipinski definition) is 1. The van der Waals surface area contributed by atoms with Gasteiger partial charge in [-0.1, -0.05) is 36.1 Å². The fourth-order valence-electron chi connectivity index (χ4n) is 1.34. The highest BCUT2D eigenvalue weighted by atomic mass is 127. The molecule has 0 saturated carbocycles. The van der Waals surface area contributed by atoms with Crippen molar-refractivity contribution >= 4 is 22.6 Å². The van der Waals surface area contributed by atoms with Gasteiger partial charge in [-0.15, -0.1) is 0 Å². The maximum Gasteiger partial charge on any atom is 0.149 e. The van der Waals surface area contributed by atoms with E-state index in [1.54, 1.807) is 0 Å². The second-order valence-electron chi connectivity index (χ2n) is 3.41. The summed E-state index contributed by atoms with van der Waals surface area (Å²) < 4.78 is 6.69. The van der Waals surface area contributed by atoms with Crippen LogP contribution < -0.4 is 4.74 Å². The summed E-state index contributed by atoms with van der Waals surface area (Å²) in [7, 11) is 0. The van der Waals surface area contributed by atoms with Crippen molar-refractivity contribution in [2.24, 2.45) is 0 Å². The van der Waals surface area contributed by atoms with Gasteiger partial charge in [-0.2, -0.15) is 0 Å². The van der Waals surface area contributed by atoms with Crippen LogP contribution in [0.5, 0.6) is 5.75 Å². The zero-order chi connectivity index (χ0) is 11.9. The Bertz CT molecular complexity index is 538. The average molecular weight is 334 g/mol. The zero-order valence-corrected chi connectivity index (χ0v) is 11.3. The lowest BCUT2D eigenvalue weighted by atomic mass is 10.2. The van der Waals surface area contributed by atoms with Crippen molar-refractivity contribution in [3.8, 4) is 17.6 Å². The lowest BCUT2D eigenvalue weighted by Gasteiger charge is -2.01. The van der Waals surface area contributed by atoms with E-state index in [1.165, 1.54) is 0 Å². The van der Waals surface area contributed by atoms with Gasteiger partial charge in [0.2, 0.25) is 0 Å². The molecule has 0 heterocycles. The van der Waals surface area contributed by atoms with Crippen LogP contribution >= 0.6 is 22.6 Å². The molecule has 84 valence electrons. The molecule has 17 heavy (non-hydrogen) atoms. The fourth-order valence-corrected chi connectivity index (χ4v) is 1.85. The lowest BCUT2D eigenvalue weighted by Crippen LogP contribution is -1.93. The minimum absolute atomic E-state index is 0.412. The molecule has 0 fully saturated rings. The largest absolute Gasteiger partial charge is 0.481 e. The normalized spacial score (nSPS) is 9.24. The SMILES string of the molecule is Ic1cccc(OCC#Cc2ccccc2)c1. The quantitative estimate of drug-likeness (QED) is 0.601. The van der Waals surface area contributed by atoms with Crippen molar-refractivity contribution < 1.29 is 4.74 Å². The summed E-state index contributed by atoms with van der Waals surface area (Å²) in [4.78, 5) is 0. The van der Waals surface area contributed by atoms with Crippen molar-refractivity contribution in [1.29, 1.82) is 0 Å². The summed E-state index contributed by atoms with van der Waals surface area (Å²) in [5.41, 5.74) is 1.01. The van der Waals surface area contributed by atoms with Crippen LogP contribution in [0.1, 0.15) is 5.56 Å². The fraction of sp³-hybridized carbons (Fsp3) is 0.0667. The molecule has 0 amide bonds. The van der Waals surface area contributed by atoms with Gasteiger partial charge in [0.1, 0.15) is 12.4 Å². The minimum atomic E-state index is 0.412. The predicted octanol–water partition coefficient (Wildman–Crippen LogP) is 3.72. The summed E-state index contributed by atoms with van der Waals surface area (Å²) in [5, 5.41) is 0. The summed E-state index contributed by atoms with van der Waals surface area (Å²) in [6.45, 7) is 0.412. The molecule has 0 aliphatic heterocycles. The van der Waals surface area contributed by atoms with Crippen molar-refractivity contribution in [2.75, 3.05) is 6.61 Å². The number of ether oxygens (including phenoxy) is 1. The number of hydrogen-bond donors (Lipinski definition) is 0. The van der Waals surface area contributed by atoms with Crippen LogP contribution in [-0.2, 0) is 0 Å². The van der Waals surface area contributed by atoms with Gasteiger partial charge in [0.25, 0.3) is 0 Å². The molecule has 2 aromatic rings. The number of benzene rings is 2. The molecule has 0 atom stereocenters. The van der Waals surface area contributed by atoms with E-state index in [0.717, 1.165) is 14.9 Å². The smallest absolute Gasteiger partial charge is 0.149 e. The van der Waals surface area contributed by atoms with E-state index < -0.39 is 0 Å². The molecular weight excluding hydrogens is 323 g/mol. The Morgan fingerprint density at radius 1 is 1.00 bits per heavy atom. The Morgan fingerprint density at radius 2 is 1.82 bits per heavy atom. The molecule has 0 aliphatic rings. The van der Waals surface area contributed by atoms with Crippen LogP contribution in [0.15, 0.2) is 54.6 Å². The minimum Gasteiger partial charge on any atom is -0.481 e. The highest BCUT2D eigenvalue weighted by Crippen LogP contribution is 2.14. The first-order valence-corrected chi connectivity index (χ1v) is 6.35. The third kappa shape index (κ3) is 4.12. The van der Waals surface area contributed by atoms with Crippen molar-refractivity contribution in [3.05, 3.63) is 63.7 Å². The summed E-state index contributed by atoms with van der Waals surface area (Å²) in [6.07, 6.45) is 0. The molecule has 2 rings (SSSR count). The van der Waals surface area contributed by atoms with Gasteiger partial charge in [0.05, 0.1) is 0 Å².